The van der Waals surface area contributed by atoms with Gasteiger partial charge in [0.05, 0.1) is 17.8 Å². The summed E-state index contributed by atoms with van der Waals surface area (Å²) < 4.78 is 24.2. The highest BCUT2D eigenvalue weighted by molar-refractivity contribution is 6.31. The Bertz CT molecular complexity index is 676. The van der Waals surface area contributed by atoms with Gasteiger partial charge in [-0.05, 0) is 37.3 Å². The van der Waals surface area contributed by atoms with E-state index in [-0.39, 0.29) is 6.61 Å². The third-order valence-electron chi connectivity index (χ3n) is 2.87. The highest BCUT2D eigenvalue weighted by Gasteiger charge is 2.08. The molecule has 0 bridgehead atoms. The highest BCUT2D eigenvalue weighted by Crippen LogP contribution is 2.29. The molecule has 0 saturated carbocycles. The molecule has 0 saturated heterocycles. The molecule has 0 fully saturated rings. The van der Waals surface area contributed by atoms with Gasteiger partial charge in [0.2, 0.25) is 0 Å². The standard InChI is InChI=1S/C16H15ClFNO3/c1-2-21-16-7-11(9-19-20)3-6-15(16)22-10-12-4-5-13(18)8-14(12)17/h3-9,20H,2,10H2,1H3/b19-9-. The van der Waals surface area contributed by atoms with Crippen LogP contribution in [0.5, 0.6) is 11.5 Å². The summed E-state index contributed by atoms with van der Waals surface area (Å²) in [4.78, 5) is 0. The zero-order chi connectivity index (χ0) is 15.9. The van der Waals surface area contributed by atoms with Crippen molar-refractivity contribution in [3.05, 3.63) is 58.4 Å². The van der Waals surface area contributed by atoms with Crippen LogP contribution in [0.3, 0.4) is 0 Å². The molecule has 0 atom stereocenters. The number of halogens is 2. The van der Waals surface area contributed by atoms with Crippen molar-refractivity contribution in [2.75, 3.05) is 6.61 Å². The highest BCUT2D eigenvalue weighted by atomic mass is 35.5. The summed E-state index contributed by atoms with van der Waals surface area (Å²) in [6, 6.07) is 9.28. The largest absolute Gasteiger partial charge is 0.490 e. The lowest BCUT2D eigenvalue weighted by molar-refractivity contribution is 0.269. The molecular weight excluding hydrogens is 309 g/mol. The average Bonchev–Trinajstić information content (AvgIpc) is 2.49. The van der Waals surface area contributed by atoms with E-state index < -0.39 is 5.82 Å². The Kier molecular flexibility index (Phi) is 5.61. The number of benzene rings is 2. The third kappa shape index (κ3) is 4.11. The molecule has 0 radical (unpaired) electrons. The monoisotopic (exact) mass is 323 g/mol. The molecule has 2 aromatic carbocycles. The van der Waals surface area contributed by atoms with Gasteiger partial charge in [-0.15, -0.1) is 0 Å². The number of nitrogens with zero attached hydrogens (tertiary/aromatic N) is 1. The molecule has 0 aromatic heterocycles. The lowest BCUT2D eigenvalue weighted by atomic mass is 10.2. The van der Waals surface area contributed by atoms with Crippen LogP contribution in [0.15, 0.2) is 41.6 Å². The lowest BCUT2D eigenvalue weighted by Gasteiger charge is -2.13. The van der Waals surface area contributed by atoms with Gasteiger partial charge in [0.1, 0.15) is 12.4 Å². The van der Waals surface area contributed by atoms with Gasteiger partial charge in [-0.3, -0.25) is 0 Å². The van der Waals surface area contributed by atoms with Crippen molar-refractivity contribution in [1.82, 2.24) is 0 Å². The summed E-state index contributed by atoms with van der Waals surface area (Å²) in [7, 11) is 0. The van der Waals surface area contributed by atoms with Gasteiger partial charge in [0.15, 0.2) is 11.5 Å². The summed E-state index contributed by atoms with van der Waals surface area (Å²) in [5, 5.41) is 11.9. The number of hydrogen-bond donors (Lipinski definition) is 1. The van der Waals surface area contributed by atoms with Gasteiger partial charge in [0, 0.05) is 11.1 Å². The summed E-state index contributed by atoms with van der Waals surface area (Å²) in [5.74, 6) is 0.659. The van der Waals surface area contributed by atoms with Crippen LogP contribution in [0, 0.1) is 5.82 Å². The van der Waals surface area contributed by atoms with Crippen LogP contribution in [0.25, 0.3) is 0 Å². The van der Waals surface area contributed by atoms with Crippen LogP contribution < -0.4 is 9.47 Å². The molecule has 0 spiro atoms. The van der Waals surface area contributed by atoms with Gasteiger partial charge in [-0.1, -0.05) is 22.8 Å². The average molecular weight is 324 g/mol. The maximum absolute atomic E-state index is 13.0. The minimum Gasteiger partial charge on any atom is -0.490 e. The molecule has 6 heteroatoms. The predicted octanol–water partition coefficient (Wildman–Crippen LogP) is 4.26. The van der Waals surface area contributed by atoms with Crippen LogP contribution in [0.4, 0.5) is 4.39 Å². The molecule has 0 aliphatic carbocycles. The Balaban J connectivity index is 2.17. The molecule has 0 unspecified atom stereocenters. The lowest BCUT2D eigenvalue weighted by Crippen LogP contribution is -2.01. The Labute approximate surface area is 132 Å². The molecule has 2 aromatic rings. The summed E-state index contributed by atoms with van der Waals surface area (Å²) in [6.07, 6.45) is 1.29. The number of rotatable bonds is 6. The SMILES string of the molecule is CCOc1cc(/C=N\O)ccc1OCc1ccc(F)cc1Cl. The normalized spacial score (nSPS) is 10.9. The quantitative estimate of drug-likeness (QED) is 0.491. The van der Waals surface area contributed by atoms with Crippen molar-refractivity contribution in [1.29, 1.82) is 0 Å². The van der Waals surface area contributed by atoms with E-state index in [4.69, 9.17) is 26.3 Å². The molecule has 1 N–H and O–H groups in total. The maximum atomic E-state index is 13.0. The Morgan fingerprint density at radius 3 is 2.68 bits per heavy atom. The molecule has 4 nitrogen and oxygen atoms in total. The fourth-order valence-corrected chi connectivity index (χ4v) is 2.08. The van der Waals surface area contributed by atoms with Crippen molar-refractivity contribution in [2.45, 2.75) is 13.5 Å². The van der Waals surface area contributed by atoms with Crippen LogP contribution >= 0.6 is 11.6 Å². The van der Waals surface area contributed by atoms with Crippen molar-refractivity contribution >= 4 is 17.8 Å². The van der Waals surface area contributed by atoms with E-state index >= 15 is 0 Å². The second kappa shape index (κ2) is 7.66. The van der Waals surface area contributed by atoms with E-state index in [0.29, 0.717) is 34.3 Å². The van der Waals surface area contributed by atoms with Gasteiger partial charge >= 0.3 is 0 Å². The fraction of sp³-hybridized carbons (Fsp3) is 0.188. The van der Waals surface area contributed by atoms with Crippen molar-refractivity contribution in [3.8, 4) is 11.5 Å². The maximum Gasteiger partial charge on any atom is 0.161 e. The summed E-state index contributed by atoms with van der Waals surface area (Å²) in [5.41, 5.74) is 1.35. The van der Waals surface area contributed by atoms with E-state index in [0.717, 1.165) is 0 Å². The molecule has 22 heavy (non-hydrogen) atoms. The van der Waals surface area contributed by atoms with E-state index in [9.17, 15) is 4.39 Å². The van der Waals surface area contributed by atoms with E-state index in [1.165, 1.54) is 18.3 Å². The molecule has 0 amide bonds. The first-order chi connectivity index (χ1) is 10.6. The molecular formula is C16H15ClFNO3. The number of oxime groups is 1. The Morgan fingerprint density at radius 2 is 2.00 bits per heavy atom. The van der Waals surface area contributed by atoms with E-state index in [1.54, 1.807) is 24.3 Å². The zero-order valence-electron chi connectivity index (χ0n) is 11.9. The van der Waals surface area contributed by atoms with Crippen molar-refractivity contribution < 1.29 is 19.1 Å². The van der Waals surface area contributed by atoms with E-state index in [2.05, 4.69) is 5.16 Å². The number of hydrogen-bond acceptors (Lipinski definition) is 4. The van der Waals surface area contributed by atoms with Crippen LogP contribution in [-0.2, 0) is 6.61 Å². The van der Waals surface area contributed by atoms with Crippen LogP contribution in [0.1, 0.15) is 18.1 Å². The first-order valence-electron chi connectivity index (χ1n) is 6.65. The predicted molar refractivity (Wildman–Crippen MR) is 82.7 cm³/mol. The first kappa shape index (κ1) is 16.1. The smallest absolute Gasteiger partial charge is 0.161 e. The zero-order valence-corrected chi connectivity index (χ0v) is 12.7. The van der Waals surface area contributed by atoms with Gasteiger partial charge < -0.3 is 14.7 Å². The minimum atomic E-state index is -0.392. The van der Waals surface area contributed by atoms with Gasteiger partial charge in [-0.25, -0.2) is 4.39 Å². The first-order valence-corrected chi connectivity index (χ1v) is 7.03. The Morgan fingerprint density at radius 1 is 1.18 bits per heavy atom. The van der Waals surface area contributed by atoms with Crippen LogP contribution in [0.2, 0.25) is 5.02 Å². The second-order valence-electron chi connectivity index (χ2n) is 4.41. The molecule has 2 rings (SSSR count). The van der Waals surface area contributed by atoms with Crippen molar-refractivity contribution in [3.63, 3.8) is 0 Å². The molecule has 0 heterocycles. The summed E-state index contributed by atoms with van der Waals surface area (Å²) >= 11 is 5.97. The molecule has 0 aliphatic rings. The van der Waals surface area contributed by atoms with Crippen LogP contribution in [-0.4, -0.2) is 18.0 Å². The molecule has 116 valence electrons. The van der Waals surface area contributed by atoms with Gasteiger partial charge in [0.25, 0.3) is 0 Å². The third-order valence-corrected chi connectivity index (χ3v) is 3.22. The minimum absolute atomic E-state index is 0.187. The number of ether oxygens (including phenoxy) is 2. The summed E-state index contributed by atoms with van der Waals surface area (Å²) in [6.45, 7) is 2.51. The molecule has 0 aliphatic heterocycles. The fourth-order valence-electron chi connectivity index (χ4n) is 1.85. The van der Waals surface area contributed by atoms with E-state index in [1.807, 2.05) is 6.92 Å². The Hall–Kier alpha value is -2.27. The van der Waals surface area contributed by atoms with Crippen molar-refractivity contribution in [2.24, 2.45) is 5.16 Å². The topological polar surface area (TPSA) is 51.0 Å². The second-order valence-corrected chi connectivity index (χ2v) is 4.82. The van der Waals surface area contributed by atoms with Gasteiger partial charge in [-0.2, -0.15) is 0 Å².